The van der Waals surface area contributed by atoms with E-state index in [0.29, 0.717) is 11.3 Å². The normalized spacial score (nSPS) is 32.0. The van der Waals surface area contributed by atoms with E-state index in [0.717, 1.165) is 6.42 Å². The Morgan fingerprint density at radius 2 is 2.36 bits per heavy atom. The Labute approximate surface area is 71.6 Å². The molecule has 0 aromatic rings. The van der Waals surface area contributed by atoms with Crippen LogP contribution >= 0.6 is 11.8 Å². The van der Waals surface area contributed by atoms with Gasteiger partial charge in [0, 0.05) is 18.3 Å². The van der Waals surface area contributed by atoms with Crippen LogP contribution in [-0.2, 0) is 0 Å². The van der Waals surface area contributed by atoms with Crippen LogP contribution in [-0.4, -0.2) is 29.5 Å². The second-order valence-corrected chi connectivity index (χ2v) is 4.04. The summed E-state index contributed by atoms with van der Waals surface area (Å²) >= 11 is 1.71. The van der Waals surface area contributed by atoms with Crippen molar-refractivity contribution in [3.05, 3.63) is 12.0 Å². The van der Waals surface area contributed by atoms with Crippen molar-refractivity contribution in [3.8, 4) is 0 Å². The molecule has 1 heterocycles. The molecule has 0 saturated carbocycles. The van der Waals surface area contributed by atoms with Crippen molar-refractivity contribution in [3.63, 3.8) is 0 Å². The predicted molar refractivity (Wildman–Crippen MR) is 48.3 cm³/mol. The van der Waals surface area contributed by atoms with E-state index < -0.39 is 0 Å². The topological polar surface area (TPSA) is 3.24 Å². The van der Waals surface area contributed by atoms with Gasteiger partial charge in [-0.2, -0.15) is 16.2 Å². The molecule has 1 unspecified atom stereocenters. The highest BCUT2D eigenvalue weighted by atomic mass is 32.2. The van der Waals surface area contributed by atoms with Crippen LogP contribution < -0.4 is 0 Å². The van der Waals surface area contributed by atoms with Crippen molar-refractivity contribution in [2.75, 3.05) is 13.3 Å². The van der Waals surface area contributed by atoms with Crippen molar-refractivity contribution >= 4 is 11.8 Å². The smallest absolute Gasteiger partial charge is 0.186 e. The fourth-order valence-electron chi connectivity index (χ4n) is 1.21. The molecule has 0 aliphatic carbocycles. The zero-order chi connectivity index (χ0) is 8.43. The van der Waals surface area contributed by atoms with E-state index in [4.69, 9.17) is 0 Å². The number of rotatable bonds is 1. The molecule has 11 heavy (non-hydrogen) atoms. The highest BCUT2D eigenvalue weighted by Gasteiger charge is 2.22. The lowest BCUT2D eigenvalue weighted by atomic mass is 10.1. The molecule has 0 amide bonds. The van der Waals surface area contributed by atoms with E-state index in [2.05, 4.69) is 6.92 Å². The minimum Gasteiger partial charge on any atom is -0.349 e. The molecule has 2 atom stereocenters. The van der Waals surface area contributed by atoms with Gasteiger partial charge >= 0.3 is 0 Å². The van der Waals surface area contributed by atoms with Gasteiger partial charge in [-0.05, 0) is 25.7 Å². The van der Waals surface area contributed by atoms with Crippen LogP contribution in [0.5, 0.6) is 0 Å². The SMILES string of the molecule is CSC1C=C(F)N(C)[C@@H](C)C1. The third-order valence-corrected chi connectivity index (χ3v) is 3.13. The molecule has 0 bridgehead atoms. The van der Waals surface area contributed by atoms with Crippen molar-refractivity contribution in [2.24, 2.45) is 0 Å². The Hall–Kier alpha value is -0.180. The molecule has 64 valence electrons. The first-order chi connectivity index (χ1) is 5.15. The number of halogens is 1. The van der Waals surface area contributed by atoms with Crippen LogP contribution in [0.1, 0.15) is 13.3 Å². The van der Waals surface area contributed by atoms with E-state index in [1.807, 2.05) is 6.26 Å². The quantitative estimate of drug-likeness (QED) is 0.562. The first kappa shape index (κ1) is 8.91. The van der Waals surface area contributed by atoms with Crippen molar-refractivity contribution in [1.82, 2.24) is 4.90 Å². The zero-order valence-corrected chi connectivity index (χ0v) is 7.99. The van der Waals surface area contributed by atoms with Gasteiger partial charge in [0.1, 0.15) is 0 Å². The van der Waals surface area contributed by atoms with Crippen molar-refractivity contribution < 1.29 is 4.39 Å². The maximum absolute atomic E-state index is 13.0. The van der Waals surface area contributed by atoms with Crippen LogP contribution in [0.3, 0.4) is 0 Å². The van der Waals surface area contributed by atoms with Crippen LogP contribution in [0.15, 0.2) is 12.0 Å². The summed E-state index contributed by atoms with van der Waals surface area (Å²) in [4.78, 5) is 1.69. The van der Waals surface area contributed by atoms with Gasteiger partial charge in [0.05, 0.1) is 0 Å². The van der Waals surface area contributed by atoms with Crippen LogP contribution in [0, 0.1) is 0 Å². The van der Waals surface area contributed by atoms with Gasteiger partial charge in [0.25, 0.3) is 0 Å². The summed E-state index contributed by atoms with van der Waals surface area (Å²) in [5, 5.41) is 0.362. The lowest BCUT2D eigenvalue weighted by molar-refractivity contribution is 0.230. The average Bonchev–Trinajstić information content (AvgIpc) is 1.99. The average molecular weight is 175 g/mol. The second-order valence-electron chi connectivity index (χ2n) is 2.96. The third-order valence-electron chi connectivity index (χ3n) is 2.20. The molecule has 1 nitrogen and oxygen atoms in total. The van der Waals surface area contributed by atoms with Crippen LogP contribution in [0.2, 0.25) is 0 Å². The maximum Gasteiger partial charge on any atom is 0.186 e. The van der Waals surface area contributed by atoms with Crippen LogP contribution in [0.4, 0.5) is 4.39 Å². The Balaban J connectivity index is 2.68. The molecule has 0 aromatic heterocycles. The highest BCUT2D eigenvalue weighted by Crippen LogP contribution is 2.26. The number of nitrogens with zero attached hydrogens (tertiary/aromatic N) is 1. The Bertz CT molecular complexity index is 169. The predicted octanol–water partition coefficient (Wildman–Crippen LogP) is 2.25. The molecule has 0 N–H and O–H groups in total. The summed E-state index contributed by atoms with van der Waals surface area (Å²) in [6.45, 7) is 2.05. The van der Waals surface area contributed by atoms with Gasteiger partial charge in [0.15, 0.2) is 5.95 Å². The van der Waals surface area contributed by atoms with E-state index in [9.17, 15) is 4.39 Å². The van der Waals surface area contributed by atoms with Gasteiger partial charge in [-0.25, -0.2) is 0 Å². The summed E-state index contributed by atoms with van der Waals surface area (Å²) < 4.78 is 13.0. The molecule has 3 heteroatoms. The van der Waals surface area contributed by atoms with E-state index in [1.54, 1.807) is 29.8 Å². The molecule has 0 spiro atoms. The van der Waals surface area contributed by atoms with Gasteiger partial charge in [0.2, 0.25) is 0 Å². The minimum atomic E-state index is -0.0805. The molecule has 0 saturated heterocycles. The summed E-state index contributed by atoms with van der Waals surface area (Å²) in [5.74, 6) is -0.0805. The second kappa shape index (κ2) is 3.48. The third kappa shape index (κ3) is 1.89. The van der Waals surface area contributed by atoms with E-state index >= 15 is 0 Å². The zero-order valence-electron chi connectivity index (χ0n) is 7.17. The van der Waals surface area contributed by atoms with E-state index in [1.165, 1.54) is 0 Å². The summed E-state index contributed by atoms with van der Waals surface area (Å²) in [7, 11) is 1.80. The molecule has 0 fully saturated rings. The fraction of sp³-hybridized carbons (Fsp3) is 0.750. The number of thioether (sulfide) groups is 1. The van der Waals surface area contributed by atoms with Crippen molar-refractivity contribution in [1.29, 1.82) is 0 Å². The van der Waals surface area contributed by atoms with Crippen molar-refractivity contribution in [2.45, 2.75) is 24.6 Å². The molecule has 1 aliphatic rings. The fourth-order valence-corrected chi connectivity index (χ4v) is 1.93. The maximum atomic E-state index is 13.0. The molecule has 0 radical (unpaired) electrons. The lowest BCUT2D eigenvalue weighted by Crippen LogP contribution is -2.33. The Kier molecular flexibility index (Phi) is 2.82. The van der Waals surface area contributed by atoms with Gasteiger partial charge in [-0.3, -0.25) is 0 Å². The van der Waals surface area contributed by atoms with E-state index in [-0.39, 0.29) is 5.95 Å². The van der Waals surface area contributed by atoms with Gasteiger partial charge in [-0.15, -0.1) is 0 Å². The summed E-state index contributed by atoms with van der Waals surface area (Å²) in [5.41, 5.74) is 0. The first-order valence-corrected chi connectivity index (χ1v) is 5.07. The standard InChI is InChI=1S/C8H14FNS/c1-6-4-7(11-3)5-8(9)10(6)2/h5-7H,4H2,1-3H3/t6-,7?/m0/s1. The Morgan fingerprint density at radius 1 is 1.73 bits per heavy atom. The summed E-state index contributed by atoms with van der Waals surface area (Å²) in [6, 6.07) is 0.331. The molecular weight excluding hydrogens is 161 g/mol. The Morgan fingerprint density at radius 3 is 2.82 bits per heavy atom. The number of hydrogen-bond donors (Lipinski definition) is 0. The summed E-state index contributed by atoms with van der Waals surface area (Å²) in [6.07, 6.45) is 4.77. The first-order valence-electron chi connectivity index (χ1n) is 3.78. The lowest BCUT2D eigenvalue weighted by Gasteiger charge is -2.31. The highest BCUT2D eigenvalue weighted by molar-refractivity contribution is 7.99. The monoisotopic (exact) mass is 175 g/mol. The van der Waals surface area contributed by atoms with Crippen LogP contribution in [0.25, 0.3) is 0 Å². The molecule has 1 aliphatic heterocycles. The minimum absolute atomic E-state index is 0.0805. The largest absolute Gasteiger partial charge is 0.349 e. The van der Waals surface area contributed by atoms with Gasteiger partial charge in [-0.1, -0.05) is 0 Å². The molecule has 0 aromatic carbocycles. The molecule has 1 rings (SSSR count). The van der Waals surface area contributed by atoms with Gasteiger partial charge < -0.3 is 4.90 Å². The number of hydrogen-bond acceptors (Lipinski definition) is 2. The molecular formula is C8H14FNS.